The zero-order valence-electron chi connectivity index (χ0n) is 8.46. The van der Waals surface area contributed by atoms with Gasteiger partial charge in [-0.3, -0.25) is 0 Å². The third-order valence-electron chi connectivity index (χ3n) is 1.85. The van der Waals surface area contributed by atoms with E-state index in [-0.39, 0.29) is 0 Å². The molecular weight excluding hydrogens is 182 g/mol. The summed E-state index contributed by atoms with van der Waals surface area (Å²) in [7, 11) is -1.37. The van der Waals surface area contributed by atoms with Crippen molar-refractivity contribution in [2.75, 3.05) is 0 Å². The molecule has 0 aromatic carbocycles. The van der Waals surface area contributed by atoms with Crippen LogP contribution in [0.2, 0.25) is 19.6 Å². The maximum Gasteiger partial charge on any atom is 0.150 e. The molecule has 0 bridgehead atoms. The van der Waals surface area contributed by atoms with Crippen LogP contribution in [0, 0.1) is 0 Å². The lowest BCUT2D eigenvalue weighted by atomic mass is 10.3. The highest BCUT2D eigenvalue weighted by Crippen LogP contribution is 2.07. The topological polar surface area (TPSA) is 45.7 Å². The highest BCUT2D eigenvalue weighted by molar-refractivity contribution is 6.87. The van der Waals surface area contributed by atoms with E-state index in [0.29, 0.717) is 11.5 Å². The van der Waals surface area contributed by atoms with Crippen molar-refractivity contribution in [2.24, 2.45) is 5.16 Å². The van der Waals surface area contributed by atoms with E-state index in [0.717, 1.165) is 5.38 Å². The maximum absolute atomic E-state index is 8.54. The third kappa shape index (κ3) is 2.21. The number of hydrogen-bond acceptors (Lipinski definition) is 3. The Morgan fingerprint density at radius 1 is 1.38 bits per heavy atom. The molecule has 0 saturated carbocycles. The fourth-order valence-corrected chi connectivity index (χ4v) is 1.98. The molecule has 1 aromatic heterocycles. The highest BCUT2D eigenvalue weighted by Gasteiger charge is 2.21. The predicted octanol–water partition coefficient (Wildman–Crippen LogP) is 2.02. The Morgan fingerprint density at radius 2 is 2.00 bits per heavy atom. The predicted molar refractivity (Wildman–Crippen MR) is 55.7 cm³/mol. The van der Waals surface area contributed by atoms with Crippen LogP contribution < -0.4 is 5.38 Å². The fraction of sp³-hybridized carbons (Fsp3) is 0.444. The quantitative estimate of drug-likeness (QED) is 0.341. The second kappa shape index (κ2) is 3.37. The van der Waals surface area contributed by atoms with E-state index < -0.39 is 8.07 Å². The molecule has 0 amide bonds. The first-order chi connectivity index (χ1) is 5.95. The molecule has 1 N–H and O–H groups in total. The van der Waals surface area contributed by atoms with E-state index in [1.54, 1.807) is 6.92 Å². The second-order valence-corrected chi connectivity index (χ2v) is 9.09. The number of hydrogen-bond donors (Lipinski definition) is 1. The first kappa shape index (κ1) is 10.1. The van der Waals surface area contributed by atoms with Gasteiger partial charge in [-0.1, -0.05) is 24.8 Å². The summed E-state index contributed by atoms with van der Waals surface area (Å²) in [5.74, 6) is 0.653. The molecule has 0 atom stereocenters. The first-order valence-electron chi connectivity index (χ1n) is 4.24. The van der Waals surface area contributed by atoms with Crippen LogP contribution in [0.25, 0.3) is 0 Å². The third-order valence-corrected chi connectivity index (χ3v) is 3.60. The van der Waals surface area contributed by atoms with Gasteiger partial charge in [-0.2, -0.15) is 0 Å². The molecule has 3 nitrogen and oxygen atoms in total. The van der Waals surface area contributed by atoms with E-state index in [4.69, 9.17) is 9.62 Å². The number of rotatable bonds is 2. The smallest absolute Gasteiger partial charge is 0.150 e. The van der Waals surface area contributed by atoms with Crippen molar-refractivity contribution in [2.45, 2.75) is 26.6 Å². The molecule has 0 aliphatic rings. The molecule has 1 heterocycles. The Bertz CT molecular complexity index is 323. The van der Waals surface area contributed by atoms with Gasteiger partial charge < -0.3 is 9.62 Å². The Labute approximate surface area is 79.1 Å². The average Bonchev–Trinajstić information content (AvgIpc) is 2.50. The largest absolute Gasteiger partial charge is 0.465 e. The van der Waals surface area contributed by atoms with Crippen molar-refractivity contribution in [1.82, 2.24) is 0 Å². The van der Waals surface area contributed by atoms with Crippen molar-refractivity contribution in [3.05, 3.63) is 17.9 Å². The van der Waals surface area contributed by atoms with Gasteiger partial charge in [0.25, 0.3) is 0 Å². The average molecular weight is 197 g/mol. The van der Waals surface area contributed by atoms with Gasteiger partial charge in [0.05, 0.1) is 5.38 Å². The second-order valence-electron chi connectivity index (χ2n) is 4.10. The van der Waals surface area contributed by atoms with Gasteiger partial charge >= 0.3 is 0 Å². The van der Waals surface area contributed by atoms with Crippen LogP contribution in [0.1, 0.15) is 12.7 Å². The molecule has 4 heteroatoms. The zero-order valence-corrected chi connectivity index (χ0v) is 9.46. The maximum atomic E-state index is 8.54. The van der Waals surface area contributed by atoms with Crippen LogP contribution in [0.15, 0.2) is 21.7 Å². The summed E-state index contributed by atoms with van der Waals surface area (Å²) in [6, 6.07) is 3.82. The SMILES string of the molecule is C/C(=N\O)c1ccc([Si](C)(C)C)o1. The van der Waals surface area contributed by atoms with Crippen molar-refractivity contribution < 1.29 is 9.62 Å². The van der Waals surface area contributed by atoms with Gasteiger partial charge in [-0.15, -0.1) is 0 Å². The molecule has 0 radical (unpaired) electrons. The van der Waals surface area contributed by atoms with E-state index in [2.05, 4.69) is 24.8 Å². The van der Waals surface area contributed by atoms with Crippen LogP contribution in [-0.2, 0) is 0 Å². The summed E-state index contributed by atoms with van der Waals surface area (Å²) in [6.07, 6.45) is 0. The van der Waals surface area contributed by atoms with Crippen molar-refractivity contribution in [3.63, 3.8) is 0 Å². The van der Waals surface area contributed by atoms with Gasteiger partial charge in [0, 0.05) is 0 Å². The summed E-state index contributed by atoms with van der Waals surface area (Å²) >= 11 is 0. The molecule has 0 aliphatic carbocycles. The standard InChI is InChI=1S/C9H15NO2Si/c1-7(10-11)8-5-6-9(12-8)13(2,3)4/h5-6,11H,1-4H3/b10-7+. The molecule has 0 saturated heterocycles. The molecule has 0 fully saturated rings. The van der Waals surface area contributed by atoms with Crippen molar-refractivity contribution >= 4 is 19.2 Å². The van der Waals surface area contributed by atoms with Gasteiger partial charge in [-0.05, 0) is 19.1 Å². The Hall–Kier alpha value is -1.03. The number of furan rings is 1. The summed E-state index contributed by atoms with van der Waals surface area (Å²) < 4.78 is 5.57. The molecule has 0 aliphatic heterocycles. The highest BCUT2D eigenvalue weighted by atomic mass is 28.3. The molecule has 72 valence electrons. The monoisotopic (exact) mass is 197 g/mol. The summed E-state index contributed by atoms with van der Waals surface area (Å²) in [6.45, 7) is 8.34. The molecular formula is C9H15NO2Si. The van der Waals surface area contributed by atoms with Crippen molar-refractivity contribution in [1.29, 1.82) is 0 Å². The lowest BCUT2D eigenvalue weighted by molar-refractivity contribution is 0.318. The van der Waals surface area contributed by atoms with E-state index in [9.17, 15) is 0 Å². The Morgan fingerprint density at radius 3 is 2.38 bits per heavy atom. The van der Waals surface area contributed by atoms with E-state index in [1.807, 2.05) is 12.1 Å². The molecule has 1 aromatic rings. The lowest BCUT2D eigenvalue weighted by Crippen LogP contribution is -2.36. The van der Waals surface area contributed by atoms with Gasteiger partial charge in [0.2, 0.25) is 0 Å². The van der Waals surface area contributed by atoms with E-state index >= 15 is 0 Å². The summed E-state index contributed by atoms with van der Waals surface area (Å²) in [5.41, 5.74) is 0.518. The minimum atomic E-state index is -1.37. The fourth-order valence-electron chi connectivity index (χ4n) is 0.985. The minimum absolute atomic E-state index is 0.518. The Balaban J connectivity index is 3.00. The normalized spacial score (nSPS) is 13.4. The summed E-state index contributed by atoms with van der Waals surface area (Å²) in [5, 5.41) is 12.7. The Kier molecular flexibility index (Phi) is 2.61. The van der Waals surface area contributed by atoms with Crippen LogP contribution in [0.4, 0.5) is 0 Å². The first-order valence-corrected chi connectivity index (χ1v) is 7.74. The van der Waals surface area contributed by atoms with E-state index in [1.165, 1.54) is 0 Å². The van der Waals surface area contributed by atoms with Gasteiger partial charge in [0.1, 0.15) is 13.8 Å². The van der Waals surface area contributed by atoms with Crippen LogP contribution in [0.3, 0.4) is 0 Å². The van der Waals surface area contributed by atoms with Crippen molar-refractivity contribution in [3.8, 4) is 0 Å². The van der Waals surface area contributed by atoms with Crippen LogP contribution in [0.5, 0.6) is 0 Å². The number of nitrogens with zero attached hydrogens (tertiary/aromatic N) is 1. The molecule has 1 rings (SSSR count). The lowest BCUT2D eigenvalue weighted by Gasteiger charge is -2.10. The van der Waals surface area contributed by atoms with Crippen LogP contribution in [-0.4, -0.2) is 19.0 Å². The van der Waals surface area contributed by atoms with Crippen LogP contribution >= 0.6 is 0 Å². The molecule has 13 heavy (non-hydrogen) atoms. The van der Waals surface area contributed by atoms with Gasteiger partial charge in [-0.25, -0.2) is 0 Å². The number of oxime groups is 1. The minimum Gasteiger partial charge on any atom is -0.465 e. The molecule has 0 unspecified atom stereocenters. The van der Waals surface area contributed by atoms with Gasteiger partial charge in [0.15, 0.2) is 5.76 Å². The summed E-state index contributed by atoms with van der Waals surface area (Å²) in [4.78, 5) is 0. The molecule has 0 spiro atoms. The zero-order chi connectivity index (χ0) is 10.1.